The molecule has 1 rings (SSSR count). The van der Waals surface area contributed by atoms with Crippen LogP contribution in [0.15, 0.2) is 24.5 Å². The van der Waals surface area contributed by atoms with Crippen molar-refractivity contribution < 1.29 is 4.74 Å². The van der Waals surface area contributed by atoms with E-state index in [1.54, 1.807) is 0 Å². The summed E-state index contributed by atoms with van der Waals surface area (Å²) >= 11 is 0. The van der Waals surface area contributed by atoms with E-state index in [0.717, 1.165) is 45.6 Å². The molecule has 96 valence electrons. The Bertz CT molecular complexity index is 264. The number of rotatable bonds is 10. The van der Waals surface area contributed by atoms with E-state index < -0.39 is 0 Å². The third-order valence-electron chi connectivity index (χ3n) is 2.57. The van der Waals surface area contributed by atoms with Crippen LogP contribution in [0.4, 0.5) is 0 Å². The topological polar surface area (TPSA) is 34.1 Å². The molecule has 3 nitrogen and oxygen atoms in total. The molecule has 0 aromatic carbocycles. The molecule has 1 heterocycles. The van der Waals surface area contributed by atoms with Gasteiger partial charge >= 0.3 is 0 Å². The average Bonchev–Trinajstić information content (AvgIpc) is 2.38. The van der Waals surface area contributed by atoms with Crippen LogP contribution in [0.2, 0.25) is 0 Å². The second-order valence-corrected chi connectivity index (χ2v) is 4.17. The number of ether oxygens (including phenoxy) is 1. The summed E-state index contributed by atoms with van der Waals surface area (Å²) in [6, 6.07) is 4.13. The Morgan fingerprint density at radius 2 is 1.88 bits per heavy atom. The van der Waals surface area contributed by atoms with Gasteiger partial charge in [-0.25, -0.2) is 0 Å². The Morgan fingerprint density at radius 1 is 1.12 bits per heavy atom. The van der Waals surface area contributed by atoms with E-state index in [1.807, 2.05) is 12.4 Å². The number of pyridine rings is 1. The number of nitrogens with zero attached hydrogens (tertiary/aromatic N) is 1. The van der Waals surface area contributed by atoms with E-state index in [9.17, 15) is 0 Å². The minimum Gasteiger partial charge on any atom is -0.381 e. The number of nitrogens with one attached hydrogen (secondary N) is 1. The lowest BCUT2D eigenvalue weighted by molar-refractivity contribution is 0.129. The summed E-state index contributed by atoms with van der Waals surface area (Å²) in [6.07, 6.45) is 8.16. The summed E-state index contributed by atoms with van der Waals surface area (Å²) in [5, 5.41) is 3.36. The Balaban J connectivity index is 1.85. The van der Waals surface area contributed by atoms with Crippen LogP contribution in [-0.4, -0.2) is 31.3 Å². The van der Waals surface area contributed by atoms with Crippen LogP contribution in [0.3, 0.4) is 0 Å². The molecule has 17 heavy (non-hydrogen) atoms. The number of hydrogen-bond donors (Lipinski definition) is 1. The Labute approximate surface area is 105 Å². The minimum absolute atomic E-state index is 0.857. The molecule has 0 unspecified atom stereocenters. The van der Waals surface area contributed by atoms with Crippen LogP contribution in [0.1, 0.15) is 31.7 Å². The molecule has 0 bridgehead atoms. The lowest BCUT2D eigenvalue weighted by Crippen LogP contribution is -2.17. The average molecular weight is 236 g/mol. The first-order chi connectivity index (χ1) is 8.43. The molecule has 0 radical (unpaired) electrons. The molecule has 1 N–H and O–H groups in total. The van der Waals surface area contributed by atoms with Gasteiger partial charge in [0.05, 0.1) is 0 Å². The van der Waals surface area contributed by atoms with Crippen molar-refractivity contribution in [1.29, 1.82) is 0 Å². The van der Waals surface area contributed by atoms with Gasteiger partial charge in [-0.05, 0) is 56.5 Å². The Morgan fingerprint density at radius 3 is 2.65 bits per heavy atom. The molecule has 0 aliphatic heterocycles. The molecule has 0 atom stereocenters. The maximum atomic E-state index is 5.58. The summed E-state index contributed by atoms with van der Waals surface area (Å²) in [5.41, 5.74) is 1.34. The van der Waals surface area contributed by atoms with Gasteiger partial charge in [0.1, 0.15) is 0 Å². The van der Waals surface area contributed by atoms with Crippen LogP contribution in [0.5, 0.6) is 0 Å². The number of aromatic nitrogens is 1. The SMILES string of the molecule is CCCNCCCOCCCc1ccncc1. The van der Waals surface area contributed by atoms with Crippen molar-refractivity contribution in [2.45, 2.75) is 32.6 Å². The number of hydrogen-bond acceptors (Lipinski definition) is 3. The first-order valence-electron chi connectivity index (χ1n) is 6.61. The quantitative estimate of drug-likeness (QED) is 0.634. The summed E-state index contributed by atoms with van der Waals surface area (Å²) in [4.78, 5) is 4.00. The van der Waals surface area contributed by atoms with Gasteiger partial charge in [-0.1, -0.05) is 6.92 Å². The second kappa shape index (κ2) is 10.2. The first kappa shape index (κ1) is 14.1. The maximum absolute atomic E-state index is 5.58. The van der Waals surface area contributed by atoms with Gasteiger partial charge < -0.3 is 10.1 Å². The summed E-state index contributed by atoms with van der Waals surface area (Å²) < 4.78 is 5.58. The molecule has 3 heteroatoms. The van der Waals surface area contributed by atoms with Gasteiger partial charge in [0.2, 0.25) is 0 Å². The molecule has 1 aromatic rings. The highest BCUT2D eigenvalue weighted by molar-refractivity contribution is 5.09. The van der Waals surface area contributed by atoms with Gasteiger partial charge in [-0.2, -0.15) is 0 Å². The molecule has 0 saturated heterocycles. The summed E-state index contributed by atoms with van der Waals surface area (Å²) in [7, 11) is 0. The van der Waals surface area contributed by atoms with Crippen molar-refractivity contribution in [3.63, 3.8) is 0 Å². The van der Waals surface area contributed by atoms with E-state index in [0.29, 0.717) is 0 Å². The fraction of sp³-hybridized carbons (Fsp3) is 0.643. The van der Waals surface area contributed by atoms with E-state index >= 15 is 0 Å². The van der Waals surface area contributed by atoms with Crippen molar-refractivity contribution in [1.82, 2.24) is 10.3 Å². The van der Waals surface area contributed by atoms with Crippen molar-refractivity contribution in [2.24, 2.45) is 0 Å². The van der Waals surface area contributed by atoms with Crippen LogP contribution >= 0.6 is 0 Å². The van der Waals surface area contributed by atoms with E-state index in [2.05, 4.69) is 29.4 Å². The smallest absolute Gasteiger partial charge is 0.0478 e. The summed E-state index contributed by atoms with van der Waals surface area (Å²) in [5.74, 6) is 0. The highest BCUT2D eigenvalue weighted by atomic mass is 16.5. The molecule has 1 aromatic heterocycles. The predicted octanol–water partition coefficient (Wildman–Crippen LogP) is 2.42. The zero-order valence-corrected chi connectivity index (χ0v) is 10.8. The predicted molar refractivity (Wildman–Crippen MR) is 71.2 cm³/mol. The lowest BCUT2D eigenvalue weighted by atomic mass is 10.1. The molecule has 0 amide bonds. The third kappa shape index (κ3) is 7.88. The maximum Gasteiger partial charge on any atom is 0.0478 e. The third-order valence-corrected chi connectivity index (χ3v) is 2.57. The molecule has 0 aliphatic rings. The standard InChI is InChI=1S/C14H24N2O/c1-2-8-15-9-4-13-17-12-3-5-14-6-10-16-11-7-14/h6-7,10-11,15H,2-5,8-9,12-13H2,1H3. The fourth-order valence-electron chi connectivity index (χ4n) is 1.63. The van der Waals surface area contributed by atoms with Gasteiger partial charge in [0, 0.05) is 25.6 Å². The monoisotopic (exact) mass is 236 g/mol. The number of aryl methyl sites for hydroxylation is 1. The molecular formula is C14H24N2O. The van der Waals surface area contributed by atoms with Crippen LogP contribution in [0, 0.1) is 0 Å². The zero-order valence-electron chi connectivity index (χ0n) is 10.8. The highest BCUT2D eigenvalue weighted by Crippen LogP contribution is 2.00. The molecule has 0 spiro atoms. The molecular weight excluding hydrogens is 212 g/mol. The second-order valence-electron chi connectivity index (χ2n) is 4.17. The van der Waals surface area contributed by atoms with E-state index in [1.165, 1.54) is 12.0 Å². The van der Waals surface area contributed by atoms with E-state index in [-0.39, 0.29) is 0 Å². The van der Waals surface area contributed by atoms with Gasteiger partial charge in [-0.15, -0.1) is 0 Å². The summed E-state index contributed by atoms with van der Waals surface area (Å²) in [6.45, 7) is 6.09. The molecule has 0 saturated carbocycles. The van der Waals surface area contributed by atoms with Crippen LogP contribution in [0.25, 0.3) is 0 Å². The zero-order chi connectivity index (χ0) is 12.2. The van der Waals surface area contributed by atoms with E-state index in [4.69, 9.17) is 4.74 Å². The van der Waals surface area contributed by atoms with Crippen molar-refractivity contribution in [3.05, 3.63) is 30.1 Å². The van der Waals surface area contributed by atoms with Gasteiger partial charge in [0.25, 0.3) is 0 Å². The molecule has 0 aliphatic carbocycles. The lowest BCUT2D eigenvalue weighted by Gasteiger charge is -2.05. The van der Waals surface area contributed by atoms with Crippen molar-refractivity contribution in [3.8, 4) is 0 Å². The highest BCUT2D eigenvalue weighted by Gasteiger charge is 1.93. The van der Waals surface area contributed by atoms with Gasteiger partial charge in [-0.3, -0.25) is 4.98 Å². The normalized spacial score (nSPS) is 10.6. The van der Waals surface area contributed by atoms with Crippen molar-refractivity contribution in [2.75, 3.05) is 26.3 Å². The fourth-order valence-corrected chi connectivity index (χ4v) is 1.63. The largest absolute Gasteiger partial charge is 0.381 e. The van der Waals surface area contributed by atoms with Gasteiger partial charge in [0.15, 0.2) is 0 Å². The first-order valence-corrected chi connectivity index (χ1v) is 6.61. The van der Waals surface area contributed by atoms with Crippen LogP contribution < -0.4 is 5.32 Å². The van der Waals surface area contributed by atoms with Crippen molar-refractivity contribution >= 4 is 0 Å². The Kier molecular flexibility index (Phi) is 8.51. The minimum atomic E-state index is 0.857. The molecule has 0 fully saturated rings. The Hall–Kier alpha value is -0.930. The van der Waals surface area contributed by atoms with Crippen LogP contribution in [-0.2, 0) is 11.2 Å².